The Labute approximate surface area is 134 Å². The van der Waals surface area contributed by atoms with Gasteiger partial charge < -0.3 is 10.6 Å². The van der Waals surface area contributed by atoms with Crippen molar-refractivity contribution in [3.8, 4) is 0 Å². The molecule has 0 saturated heterocycles. The van der Waals surface area contributed by atoms with Crippen LogP contribution in [0.15, 0.2) is 16.6 Å². The molecule has 0 spiro atoms. The van der Waals surface area contributed by atoms with E-state index in [1.807, 2.05) is 11.7 Å². The minimum absolute atomic E-state index is 0.861. The predicted molar refractivity (Wildman–Crippen MR) is 90.6 cm³/mol. The highest BCUT2D eigenvalue weighted by molar-refractivity contribution is 9.10. The molecule has 0 saturated carbocycles. The molecule has 1 aromatic heterocycles. The van der Waals surface area contributed by atoms with Crippen molar-refractivity contribution in [1.82, 2.24) is 9.78 Å². The smallest absolute Gasteiger partial charge is 0.0767 e. The van der Waals surface area contributed by atoms with Crippen LogP contribution in [0.25, 0.3) is 0 Å². The maximum atomic E-state index is 6.08. The van der Waals surface area contributed by atoms with Gasteiger partial charge in [0.1, 0.15) is 0 Å². The Morgan fingerprint density at radius 1 is 1.38 bits per heavy atom. The van der Waals surface area contributed by atoms with Gasteiger partial charge in [-0.1, -0.05) is 13.0 Å². The summed E-state index contributed by atoms with van der Waals surface area (Å²) in [6.45, 7) is 6.10. The molecule has 21 heavy (non-hydrogen) atoms. The average molecular weight is 349 g/mol. The molecular weight excluding hydrogens is 328 g/mol. The highest BCUT2D eigenvalue weighted by Crippen LogP contribution is 2.34. The van der Waals surface area contributed by atoms with Crippen LogP contribution in [0.3, 0.4) is 0 Å². The number of aryl methyl sites for hydroxylation is 3. The van der Waals surface area contributed by atoms with E-state index >= 15 is 0 Å². The van der Waals surface area contributed by atoms with Crippen LogP contribution in [0.5, 0.6) is 0 Å². The molecule has 0 amide bonds. The van der Waals surface area contributed by atoms with E-state index in [0.717, 1.165) is 41.8 Å². The Kier molecular flexibility index (Phi) is 3.69. The third-order valence-corrected chi connectivity index (χ3v) is 5.22. The van der Waals surface area contributed by atoms with Crippen LogP contribution in [0, 0.1) is 6.92 Å². The summed E-state index contributed by atoms with van der Waals surface area (Å²) in [6.07, 6.45) is 2.03. The molecule has 0 fully saturated rings. The summed E-state index contributed by atoms with van der Waals surface area (Å²) in [6, 6.07) is 4.34. The highest BCUT2D eigenvalue weighted by atomic mass is 79.9. The number of hydrogen-bond acceptors (Lipinski definition) is 3. The second-order valence-electron chi connectivity index (χ2n) is 5.69. The Morgan fingerprint density at radius 3 is 2.81 bits per heavy atom. The molecule has 3 rings (SSSR count). The number of hydrogen-bond donors (Lipinski definition) is 1. The van der Waals surface area contributed by atoms with Gasteiger partial charge in [-0.05, 0) is 52.9 Å². The SMILES string of the molecule is CCc1nn(C)c(CN2CCc3cc(C)c(N)cc32)c1Br. The lowest BCUT2D eigenvalue weighted by molar-refractivity contribution is 0.679. The molecule has 1 aliphatic rings. The first kappa shape index (κ1) is 14.4. The average Bonchev–Trinajstić information content (AvgIpc) is 2.95. The number of benzene rings is 1. The van der Waals surface area contributed by atoms with E-state index in [1.165, 1.54) is 22.5 Å². The van der Waals surface area contributed by atoms with Gasteiger partial charge in [0.05, 0.1) is 22.4 Å². The second-order valence-corrected chi connectivity index (χ2v) is 6.49. The Bertz CT molecular complexity index is 690. The van der Waals surface area contributed by atoms with Crippen molar-refractivity contribution < 1.29 is 0 Å². The number of nitrogens with two attached hydrogens (primary N) is 1. The normalized spacial score (nSPS) is 13.8. The van der Waals surface area contributed by atoms with Crippen molar-refractivity contribution in [2.75, 3.05) is 17.2 Å². The molecule has 0 unspecified atom stereocenters. The monoisotopic (exact) mass is 348 g/mol. The van der Waals surface area contributed by atoms with Crippen LogP contribution < -0.4 is 10.6 Å². The van der Waals surface area contributed by atoms with E-state index in [9.17, 15) is 0 Å². The van der Waals surface area contributed by atoms with Crippen LogP contribution in [-0.4, -0.2) is 16.3 Å². The zero-order valence-electron chi connectivity index (χ0n) is 12.8. The number of nitrogen functional groups attached to an aromatic ring is 1. The van der Waals surface area contributed by atoms with Crippen LogP contribution in [0.4, 0.5) is 11.4 Å². The molecule has 0 aliphatic carbocycles. The molecule has 2 aromatic rings. The van der Waals surface area contributed by atoms with Crippen LogP contribution in [0.2, 0.25) is 0 Å². The fraction of sp³-hybridized carbons (Fsp3) is 0.438. The predicted octanol–water partition coefficient (Wildman–Crippen LogP) is 3.20. The first-order valence-corrected chi connectivity index (χ1v) is 8.14. The van der Waals surface area contributed by atoms with Crippen molar-refractivity contribution in [2.24, 2.45) is 7.05 Å². The van der Waals surface area contributed by atoms with Gasteiger partial charge in [0.2, 0.25) is 0 Å². The van der Waals surface area contributed by atoms with Gasteiger partial charge in [-0.3, -0.25) is 4.68 Å². The summed E-state index contributed by atoms with van der Waals surface area (Å²) in [5.74, 6) is 0. The van der Waals surface area contributed by atoms with Crippen molar-refractivity contribution in [3.63, 3.8) is 0 Å². The van der Waals surface area contributed by atoms with Crippen LogP contribution >= 0.6 is 15.9 Å². The zero-order valence-corrected chi connectivity index (χ0v) is 14.4. The molecule has 2 heterocycles. The third kappa shape index (κ3) is 2.44. The topological polar surface area (TPSA) is 47.1 Å². The second kappa shape index (κ2) is 5.37. The van der Waals surface area contributed by atoms with E-state index in [1.54, 1.807) is 0 Å². The van der Waals surface area contributed by atoms with Crippen molar-refractivity contribution in [2.45, 2.75) is 33.2 Å². The number of fused-ring (bicyclic) bond motifs is 1. The summed E-state index contributed by atoms with van der Waals surface area (Å²) in [4.78, 5) is 2.40. The van der Waals surface area contributed by atoms with Crippen molar-refractivity contribution in [3.05, 3.63) is 39.1 Å². The number of nitrogens with zero attached hydrogens (tertiary/aromatic N) is 3. The summed E-state index contributed by atoms with van der Waals surface area (Å²) in [5, 5.41) is 4.58. The number of aromatic nitrogens is 2. The van der Waals surface area contributed by atoms with Crippen LogP contribution in [-0.2, 0) is 26.4 Å². The Morgan fingerprint density at radius 2 is 2.14 bits per heavy atom. The van der Waals surface area contributed by atoms with E-state index in [0.29, 0.717) is 0 Å². The lowest BCUT2D eigenvalue weighted by Gasteiger charge is -2.20. The fourth-order valence-electron chi connectivity index (χ4n) is 2.98. The number of halogens is 1. The summed E-state index contributed by atoms with van der Waals surface area (Å²) < 4.78 is 3.12. The summed E-state index contributed by atoms with van der Waals surface area (Å²) in [5.41, 5.74) is 13.1. The fourth-order valence-corrected chi connectivity index (χ4v) is 3.72. The van der Waals surface area contributed by atoms with Gasteiger partial charge in [0.15, 0.2) is 0 Å². The third-order valence-electron chi connectivity index (χ3n) is 4.30. The first-order chi connectivity index (χ1) is 10.0. The lowest BCUT2D eigenvalue weighted by Crippen LogP contribution is -2.21. The molecule has 4 nitrogen and oxygen atoms in total. The maximum absolute atomic E-state index is 6.08. The van der Waals surface area contributed by atoms with Gasteiger partial charge in [0, 0.05) is 25.0 Å². The molecule has 2 N–H and O–H groups in total. The first-order valence-electron chi connectivity index (χ1n) is 7.35. The van der Waals surface area contributed by atoms with Gasteiger partial charge in [-0.25, -0.2) is 0 Å². The van der Waals surface area contributed by atoms with E-state index in [4.69, 9.17) is 5.73 Å². The van der Waals surface area contributed by atoms with E-state index < -0.39 is 0 Å². The molecular formula is C16H21BrN4. The van der Waals surface area contributed by atoms with Crippen LogP contribution in [0.1, 0.15) is 29.4 Å². The molecule has 0 atom stereocenters. The minimum Gasteiger partial charge on any atom is -0.398 e. The molecule has 5 heteroatoms. The van der Waals surface area contributed by atoms with Gasteiger partial charge in [-0.15, -0.1) is 0 Å². The zero-order chi connectivity index (χ0) is 15.1. The van der Waals surface area contributed by atoms with Crippen molar-refractivity contribution in [1.29, 1.82) is 0 Å². The van der Waals surface area contributed by atoms with Gasteiger partial charge in [0.25, 0.3) is 0 Å². The quantitative estimate of drug-likeness (QED) is 0.866. The molecule has 0 bridgehead atoms. The molecule has 112 valence electrons. The minimum atomic E-state index is 0.861. The molecule has 1 aromatic carbocycles. The van der Waals surface area contributed by atoms with Gasteiger partial charge >= 0.3 is 0 Å². The molecule has 1 aliphatic heterocycles. The molecule has 0 radical (unpaired) electrons. The Balaban J connectivity index is 1.92. The van der Waals surface area contributed by atoms with E-state index in [2.05, 4.69) is 51.9 Å². The Hall–Kier alpha value is -1.49. The van der Waals surface area contributed by atoms with Crippen molar-refractivity contribution >= 4 is 27.3 Å². The van der Waals surface area contributed by atoms with Gasteiger partial charge in [-0.2, -0.15) is 5.10 Å². The lowest BCUT2D eigenvalue weighted by atomic mass is 10.1. The van der Waals surface area contributed by atoms with E-state index in [-0.39, 0.29) is 0 Å². The standard InChI is InChI=1S/C16H21BrN4/c1-4-13-16(17)15(20(3)19-13)9-21-6-5-11-7-10(2)12(18)8-14(11)21/h7-8H,4-6,9,18H2,1-3H3. The highest BCUT2D eigenvalue weighted by Gasteiger charge is 2.23. The maximum Gasteiger partial charge on any atom is 0.0767 e. The number of anilines is 2. The largest absolute Gasteiger partial charge is 0.398 e. The summed E-state index contributed by atoms with van der Waals surface area (Å²) >= 11 is 3.70. The summed E-state index contributed by atoms with van der Waals surface area (Å²) in [7, 11) is 2.01. The number of rotatable bonds is 3.